The van der Waals surface area contributed by atoms with Crippen molar-refractivity contribution in [1.29, 1.82) is 0 Å². The Bertz CT molecular complexity index is 933. The van der Waals surface area contributed by atoms with Crippen LogP contribution < -0.4 is 10.2 Å². The minimum Gasteiger partial charge on any atom is -0.352 e. The molecule has 0 bridgehead atoms. The van der Waals surface area contributed by atoms with Gasteiger partial charge in [-0.2, -0.15) is 0 Å². The van der Waals surface area contributed by atoms with Gasteiger partial charge in [0.15, 0.2) is 5.82 Å². The highest BCUT2D eigenvalue weighted by Crippen LogP contribution is 2.20. The average molecular weight is 387 g/mol. The van der Waals surface area contributed by atoms with Gasteiger partial charge in [-0.3, -0.25) is 0 Å². The first kappa shape index (κ1) is 18.9. The molecule has 0 unspecified atom stereocenters. The number of amides is 2. The van der Waals surface area contributed by atoms with Crippen LogP contribution in [-0.2, 0) is 6.42 Å². The Kier molecular flexibility index (Phi) is 5.70. The van der Waals surface area contributed by atoms with Crippen LogP contribution in [0.1, 0.15) is 12.5 Å². The second-order valence-corrected chi connectivity index (χ2v) is 7.10. The molecule has 2 aromatic carbocycles. The molecule has 1 N–H and O–H groups in total. The summed E-state index contributed by atoms with van der Waals surface area (Å²) in [6.45, 7) is 4.93. The van der Waals surface area contributed by atoms with Crippen LogP contribution in [-0.4, -0.2) is 47.3 Å². The number of benzene rings is 2. The average Bonchev–Trinajstić information content (AvgIpc) is 2.80. The van der Waals surface area contributed by atoms with E-state index in [1.807, 2.05) is 47.4 Å². The minimum absolute atomic E-state index is 0.0622. The largest absolute Gasteiger partial charge is 0.352 e. The molecule has 0 radical (unpaired) electrons. The molecular formula is C23H25N5O. The van der Waals surface area contributed by atoms with Crippen molar-refractivity contribution in [2.24, 2.45) is 0 Å². The van der Waals surface area contributed by atoms with Gasteiger partial charge in [-0.1, -0.05) is 49.4 Å². The Hall–Kier alpha value is -3.41. The maximum Gasteiger partial charge on any atom is 0.321 e. The van der Waals surface area contributed by atoms with E-state index in [-0.39, 0.29) is 6.03 Å². The molecule has 2 amide bonds. The summed E-state index contributed by atoms with van der Waals surface area (Å²) >= 11 is 0. The summed E-state index contributed by atoms with van der Waals surface area (Å²) in [5.74, 6) is 0.849. The lowest BCUT2D eigenvalue weighted by molar-refractivity contribution is 0.208. The molecule has 148 valence electrons. The molecule has 6 nitrogen and oxygen atoms in total. The van der Waals surface area contributed by atoms with Gasteiger partial charge in [0.2, 0.25) is 0 Å². The van der Waals surface area contributed by atoms with Crippen molar-refractivity contribution in [2.75, 3.05) is 36.4 Å². The van der Waals surface area contributed by atoms with Gasteiger partial charge in [-0.05, 0) is 36.2 Å². The molecule has 3 aromatic rings. The topological polar surface area (TPSA) is 61.4 Å². The highest BCUT2D eigenvalue weighted by atomic mass is 16.2. The molecule has 6 heteroatoms. The first-order chi connectivity index (χ1) is 14.2. The number of nitrogens with zero attached hydrogens (tertiary/aromatic N) is 4. The second kappa shape index (κ2) is 8.73. The van der Waals surface area contributed by atoms with Crippen LogP contribution in [0.5, 0.6) is 0 Å². The molecule has 1 fully saturated rings. The normalized spacial score (nSPS) is 14.0. The van der Waals surface area contributed by atoms with Gasteiger partial charge in [0.05, 0.1) is 5.69 Å². The molecular weight excluding hydrogens is 362 g/mol. The number of hydrogen-bond acceptors (Lipinski definition) is 4. The minimum atomic E-state index is -0.0622. The van der Waals surface area contributed by atoms with Crippen LogP contribution in [0.2, 0.25) is 0 Å². The Labute approximate surface area is 171 Å². The Morgan fingerprint density at radius 2 is 1.62 bits per heavy atom. The number of aromatic nitrogens is 2. The van der Waals surface area contributed by atoms with Gasteiger partial charge in [-0.25, -0.2) is 4.79 Å². The molecule has 29 heavy (non-hydrogen) atoms. The van der Waals surface area contributed by atoms with Gasteiger partial charge >= 0.3 is 6.03 Å². The number of piperazine rings is 1. The predicted octanol–water partition coefficient (Wildman–Crippen LogP) is 4.06. The summed E-state index contributed by atoms with van der Waals surface area (Å²) < 4.78 is 0. The molecule has 1 aromatic heterocycles. The third-order valence-electron chi connectivity index (χ3n) is 5.22. The van der Waals surface area contributed by atoms with Gasteiger partial charge in [0.1, 0.15) is 0 Å². The smallest absolute Gasteiger partial charge is 0.321 e. The van der Waals surface area contributed by atoms with E-state index in [0.717, 1.165) is 42.3 Å². The summed E-state index contributed by atoms with van der Waals surface area (Å²) in [4.78, 5) is 16.4. The lowest BCUT2D eigenvalue weighted by Gasteiger charge is -2.35. The van der Waals surface area contributed by atoms with Crippen LogP contribution in [0.4, 0.5) is 16.3 Å². The maximum atomic E-state index is 12.4. The maximum absolute atomic E-state index is 12.4. The van der Waals surface area contributed by atoms with E-state index >= 15 is 0 Å². The summed E-state index contributed by atoms with van der Waals surface area (Å²) in [5.41, 5.74) is 4.07. The number of para-hydroxylation sites is 1. The van der Waals surface area contributed by atoms with Crippen molar-refractivity contribution in [3.05, 3.63) is 72.3 Å². The van der Waals surface area contributed by atoms with E-state index in [4.69, 9.17) is 0 Å². The number of anilines is 2. The van der Waals surface area contributed by atoms with E-state index in [1.54, 1.807) is 0 Å². The Morgan fingerprint density at radius 1 is 0.897 bits per heavy atom. The fourth-order valence-electron chi connectivity index (χ4n) is 3.42. The van der Waals surface area contributed by atoms with Crippen LogP contribution >= 0.6 is 0 Å². The van der Waals surface area contributed by atoms with E-state index in [9.17, 15) is 4.79 Å². The molecule has 0 saturated carbocycles. The van der Waals surface area contributed by atoms with Gasteiger partial charge in [0, 0.05) is 37.4 Å². The van der Waals surface area contributed by atoms with Crippen LogP contribution in [0.3, 0.4) is 0 Å². The van der Waals surface area contributed by atoms with E-state index in [0.29, 0.717) is 13.1 Å². The zero-order valence-corrected chi connectivity index (χ0v) is 16.6. The third-order valence-corrected chi connectivity index (χ3v) is 5.22. The van der Waals surface area contributed by atoms with E-state index < -0.39 is 0 Å². The molecule has 4 rings (SSSR count). The molecule has 1 aliphatic rings. The summed E-state index contributed by atoms with van der Waals surface area (Å²) in [6.07, 6.45) is 1.03. The number of aryl methyl sites for hydroxylation is 1. The number of hydrogen-bond donors (Lipinski definition) is 1. The first-order valence-corrected chi connectivity index (χ1v) is 10.0. The first-order valence-electron chi connectivity index (χ1n) is 10.0. The van der Waals surface area contributed by atoms with Crippen molar-refractivity contribution >= 4 is 17.5 Å². The lowest BCUT2D eigenvalue weighted by Crippen LogP contribution is -2.50. The molecule has 0 aliphatic carbocycles. The van der Waals surface area contributed by atoms with Crippen molar-refractivity contribution in [3.63, 3.8) is 0 Å². The van der Waals surface area contributed by atoms with Gasteiger partial charge in [-0.15, -0.1) is 10.2 Å². The van der Waals surface area contributed by atoms with Crippen molar-refractivity contribution in [3.8, 4) is 11.3 Å². The number of urea groups is 1. The number of rotatable bonds is 4. The number of nitrogens with one attached hydrogen (secondary N) is 1. The predicted molar refractivity (Wildman–Crippen MR) is 116 cm³/mol. The van der Waals surface area contributed by atoms with E-state index in [1.165, 1.54) is 5.56 Å². The Morgan fingerprint density at radius 3 is 2.24 bits per heavy atom. The van der Waals surface area contributed by atoms with Gasteiger partial charge < -0.3 is 15.1 Å². The zero-order valence-electron chi connectivity index (χ0n) is 16.6. The quantitative estimate of drug-likeness (QED) is 0.733. The highest BCUT2D eigenvalue weighted by molar-refractivity contribution is 5.89. The zero-order chi connectivity index (χ0) is 20.1. The van der Waals surface area contributed by atoms with Crippen LogP contribution in [0.25, 0.3) is 11.3 Å². The standard InChI is InChI=1S/C23H25N5O/c1-2-18-8-10-19(11-9-18)21-12-13-22(26-25-21)27-14-16-28(17-15-27)23(29)24-20-6-4-3-5-7-20/h3-13H,2,14-17H2,1H3,(H,24,29). The molecule has 0 atom stereocenters. The van der Waals surface area contributed by atoms with E-state index in [2.05, 4.69) is 51.6 Å². The lowest BCUT2D eigenvalue weighted by atomic mass is 10.1. The van der Waals surface area contributed by atoms with Crippen molar-refractivity contribution < 1.29 is 4.79 Å². The van der Waals surface area contributed by atoms with Gasteiger partial charge in [0.25, 0.3) is 0 Å². The third kappa shape index (κ3) is 4.54. The fraction of sp³-hybridized carbons (Fsp3) is 0.261. The van der Waals surface area contributed by atoms with Crippen LogP contribution in [0.15, 0.2) is 66.7 Å². The number of carbonyl (C=O) groups is 1. The summed E-state index contributed by atoms with van der Waals surface area (Å²) in [6, 6.07) is 21.9. The fourth-order valence-corrected chi connectivity index (χ4v) is 3.42. The SMILES string of the molecule is CCc1ccc(-c2ccc(N3CCN(C(=O)Nc4ccccc4)CC3)nn2)cc1. The van der Waals surface area contributed by atoms with Crippen molar-refractivity contribution in [2.45, 2.75) is 13.3 Å². The highest BCUT2D eigenvalue weighted by Gasteiger charge is 2.22. The molecule has 0 spiro atoms. The second-order valence-electron chi connectivity index (χ2n) is 7.10. The Balaban J connectivity index is 1.34. The summed E-state index contributed by atoms with van der Waals surface area (Å²) in [5, 5.41) is 11.8. The van der Waals surface area contributed by atoms with Crippen molar-refractivity contribution in [1.82, 2.24) is 15.1 Å². The molecule has 1 saturated heterocycles. The summed E-state index contributed by atoms with van der Waals surface area (Å²) in [7, 11) is 0. The van der Waals surface area contributed by atoms with Crippen LogP contribution in [0, 0.1) is 0 Å². The molecule has 1 aliphatic heterocycles. The molecule has 2 heterocycles. The monoisotopic (exact) mass is 387 g/mol. The number of carbonyl (C=O) groups excluding carboxylic acids is 1.